The van der Waals surface area contributed by atoms with Crippen LogP contribution in [0, 0.1) is 0 Å². The van der Waals surface area contributed by atoms with Gasteiger partial charge in [0.1, 0.15) is 9.84 Å². The molecule has 0 rings (SSSR count). The molecule has 0 fully saturated rings. The van der Waals surface area contributed by atoms with Gasteiger partial charge in [-0.15, -0.1) is 0 Å². The Morgan fingerprint density at radius 2 is 1.38 bits per heavy atom. The van der Waals surface area contributed by atoms with Crippen molar-refractivity contribution >= 4 is 16.2 Å². The molecule has 2 N–H and O–H groups in total. The number of hydrogen-bond donors (Lipinski definition) is 1. The minimum absolute atomic E-state index is 0.250. The second-order valence-corrected chi connectivity index (χ2v) is 3.56. The Bertz CT molecular complexity index is 129. The summed E-state index contributed by atoms with van der Waals surface area (Å²) in [6.45, 7) is 0. The number of amides is 1. The molecule has 0 spiro atoms. The molecule has 0 aromatic rings. The minimum Gasteiger partial charge on any atom is -0.372 e. The van der Waals surface area contributed by atoms with E-state index in [1.807, 2.05) is 0 Å². The molecule has 50 valence electrons. The van der Waals surface area contributed by atoms with E-state index in [0.717, 1.165) is 12.5 Å². The number of sulfone groups is 1. The summed E-state index contributed by atoms with van der Waals surface area (Å²) in [5.41, 5.74) is 4.17. The molecule has 0 aliphatic rings. The van der Waals surface area contributed by atoms with E-state index < -0.39 is 9.84 Å². The minimum atomic E-state index is -2.67. The third-order valence-corrected chi connectivity index (χ3v) is 0. The van der Waals surface area contributed by atoms with Gasteiger partial charge >= 0.3 is 0 Å². The summed E-state index contributed by atoms with van der Waals surface area (Å²) in [6.07, 6.45) is 2.57. The van der Waals surface area contributed by atoms with Gasteiger partial charge in [-0.05, 0) is 0 Å². The van der Waals surface area contributed by atoms with Crippen molar-refractivity contribution in [2.24, 2.45) is 5.73 Å². The van der Waals surface area contributed by atoms with Gasteiger partial charge in [0.25, 0.3) is 0 Å². The van der Waals surface area contributed by atoms with Crippen molar-refractivity contribution in [1.82, 2.24) is 0 Å². The van der Waals surface area contributed by atoms with Crippen molar-refractivity contribution in [1.29, 1.82) is 0 Å². The van der Waals surface area contributed by atoms with E-state index in [0.29, 0.717) is 0 Å². The van der Waals surface area contributed by atoms with Crippen molar-refractivity contribution in [3.8, 4) is 0 Å². The summed E-state index contributed by atoms with van der Waals surface area (Å²) < 4.78 is 19.3. The molecule has 5 heteroatoms. The standard InChI is InChI=1S/C2H6O2S.CH3NO/c1-5(2,3)4;2-1-3/h1-2H3;1H,(H2,2,3). The molecule has 0 aromatic heterocycles. The van der Waals surface area contributed by atoms with E-state index >= 15 is 0 Å². The van der Waals surface area contributed by atoms with Crippen molar-refractivity contribution in [2.45, 2.75) is 0 Å². The molecule has 0 saturated carbocycles. The lowest BCUT2D eigenvalue weighted by Crippen LogP contribution is -1.86. The molecule has 0 aliphatic heterocycles. The largest absolute Gasteiger partial charge is 0.372 e. The summed E-state index contributed by atoms with van der Waals surface area (Å²) in [5, 5.41) is 0. The van der Waals surface area contributed by atoms with Gasteiger partial charge in [0.05, 0.1) is 0 Å². The molecule has 0 unspecified atom stereocenters. The number of primary amides is 1. The van der Waals surface area contributed by atoms with Crippen molar-refractivity contribution in [3.63, 3.8) is 0 Å². The molecule has 0 heterocycles. The lowest BCUT2D eigenvalue weighted by Gasteiger charge is -1.69. The summed E-state index contributed by atoms with van der Waals surface area (Å²) in [6, 6.07) is 0. The Kier molecular flexibility index (Phi) is 5.95. The highest BCUT2D eigenvalue weighted by atomic mass is 32.2. The zero-order valence-corrected chi connectivity index (χ0v) is 5.60. The van der Waals surface area contributed by atoms with Crippen LogP contribution in [0.2, 0.25) is 0 Å². The summed E-state index contributed by atoms with van der Waals surface area (Å²) in [7, 11) is -2.67. The second-order valence-electron chi connectivity index (χ2n) is 1.28. The van der Waals surface area contributed by atoms with Gasteiger partial charge in [-0.25, -0.2) is 8.42 Å². The smallest absolute Gasteiger partial charge is 0.204 e. The Labute approximate surface area is 48.6 Å². The predicted octanol–water partition coefficient (Wildman–Crippen LogP) is -1.24. The van der Waals surface area contributed by atoms with E-state index in [-0.39, 0.29) is 6.41 Å². The van der Waals surface area contributed by atoms with Gasteiger partial charge in [0.2, 0.25) is 6.41 Å². The molecular formula is C3H9NO3S. The maximum absolute atomic E-state index is 9.63. The fourth-order valence-electron chi connectivity index (χ4n) is 0. The average Bonchev–Trinajstić information content (AvgIpc) is 1.27. The van der Waals surface area contributed by atoms with E-state index in [9.17, 15) is 8.42 Å². The van der Waals surface area contributed by atoms with Crippen molar-refractivity contribution in [2.75, 3.05) is 12.5 Å². The van der Waals surface area contributed by atoms with Crippen LogP contribution in [0.5, 0.6) is 0 Å². The molecule has 0 atom stereocenters. The highest BCUT2D eigenvalue weighted by molar-refractivity contribution is 7.89. The fraction of sp³-hybridized carbons (Fsp3) is 0.667. The summed E-state index contributed by atoms with van der Waals surface area (Å²) in [4.78, 5) is 8.58. The first kappa shape index (κ1) is 10.4. The van der Waals surface area contributed by atoms with Crippen LogP contribution in [-0.4, -0.2) is 27.3 Å². The molecule has 0 aliphatic carbocycles. The molecule has 0 radical (unpaired) electrons. The monoisotopic (exact) mass is 139 g/mol. The Balaban J connectivity index is 0. The van der Waals surface area contributed by atoms with Crippen LogP contribution < -0.4 is 5.73 Å². The van der Waals surface area contributed by atoms with Crippen LogP contribution in [-0.2, 0) is 14.6 Å². The van der Waals surface area contributed by atoms with Crippen LogP contribution in [0.15, 0.2) is 0 Å². The number of carbonyl (C=O) groups is 1. The molecule has 0 saturated heterocycles. The van der Waals surface area contributed by atoms with Gasteiger partial charge in [0.15, 0.2) is 0 Å². The number of hydrogen-bond acceptors (Lipinski definition) is 3. The highest BCUT2D eigenvalue weighted by Crippen LogP contribution is 1.61. The topological polar surface area (TPSA) is 77.2 Å². The fourth-order valence-corrected chi connectivity index (χ4v) is 0. The maximum atomic E-state index is 9.63. The predicted molar refractivity (Wildman–Crippen MR) is 31.0 cm³/mol. The third-order valence-electron chi connectivity index (χ3n) is 0. The maximum Gasteiger partial charge on any atom is 0.204 e. The SMILES string of the molecule is CS(C)(=O)=O.NC=O. The first-order chi connectivity index (χ1) is 3.41. The molecule has 4 nitrogen and oxygen atoms in total. The van der Waals surface area contributed by atoms with E-state index in [4.69, 9.17) is 4.79 Å². The normalized spacial score (nSPS) is 8.75. The number of rotatable bonds is 0. The zero-order valence-electron chi connectivity index (χ0n) is 4.79. The van der Waals surface area contributed by atoms with Crippen molar-refractivity contribution < 1.29 is 13.2 Å². The number of carbonyl (C=O) groups excluding carboxylic acids is 1. The van der Waals surface area contributed by atoms with Crippen LogP contribution in [0.3, 0.4) is 0 Å². The quantitative estimate of drug-likeness (QED) is 0.426. The second kappa shape index (κ2) is 4.58. The van der Waals surface area contributed by atoms with Gasteiger partial charge in [-0.2, -0.15) is 0 Å². The van der Waals surface area contributed by atoms with Gasteiger partial charge in [-0.1, -0.05) is 0 Å². The molecule has 0 aromatic carbocycles. The van der Waals surface area contributed by atoms with E-state index in [1.165, 1.54) is 0 Å². The summed E-state index contributed by atoms with van der Waals surface area (Å²) >= 11 is 0. The molecule has 8 heavy (non-hydrogen) atoms. The molecule has 0 bridgehead atoms. The summed E-state index contributed by atoms with van der Waals surface area (Å²) in [5.74, 6) is 0. The zero-order chi connectivity index (χ0) is 7.21. The van der Waals surface area contributed by atoms with E-state index in [2.05, 4.69) is 5.73 Å². The molecular weight excluding hydrogens is 130 g/mol. The van der Waals surface area contributed by atoms with Crippen molar-refractivity contribution in [3.05, 3.63) is 0 Å². The van der Waals surface area contributed by atoms with Crippen LogP contribution >= 0.6 is 0 Å². The Hall–Kier alpha value is -0.580. The van der Waals surface area contributed by atoms with Crippen LogP contribution in [0.4, 0.5) is 0 Å². The van der Waals surface area contributed by atoms with Crippen LogP contribution in [0.1, 0.15) is 0 Å². The first-order valence-electron chi connectivity index (χ1n) is 1.72. The van der Waals surface area contributed by atoms with Crippen LogP contribution in [0.25, 0.3) is 0 Å². The Morgan fingerprint density at radius 1 is 1.38 bits per heavy atom. The molecule has 1 amide bonds. The lowest BCUT2D eigenvalue weighted by molar-refractivity contribution is -0.106. The van der Waals surface area contributed by atoms with E-state index in [1.54, 1.807) is 0 Å². The van der Waals surface area contributed by atoms with Gasteiger partial charge < -0.3 is 5.73 Å². The highest BCUT2D eigenvalue weighted by Gasteiger charge is 1.79. The number of nitrogens with two attached hydrogens (primary N) is 1. The first-order valence-corrected chi connectivity index (χ1v) is 4.02. The Morgan fingerprint density at radius 3 is 1.38 bits per heavy atom. The van der Waals surface area contributed by atoms with Gasteiger partial charge in [0, 0.05) is 12.5 Å². The average molecular weight is 139 g/mol. The lowest BCUT2D eigenvalue weighted by atomic mass is 11.5. The third kappa shape index (κ3) is 315. The van der Waals surface area contributed by atoms with Gasteiger partial charge in [-0.3, -0.25) is 4.79 Å².